The van der Waals surface area contributed by atoms with E-state index in [0.717, 1.165) is 34.7 Å². The van der Waals surface area contributed by atoms with E-state index >= 15 is 0 Å². The summed E-state index contributed by atoms with van der Waals surface area (Å²) in [6, 6.07) is 15.9. The third-order valence-electron chi connectivity index (χ3n) is 4.74. The number of rotatable bonds is 9. The van der Waals surface area contributed by atoms with Crippen LogP contribution in [0.3, 0.4) is 0 Å². The highest BCUT2D eigenvalue weighted by atomic mass is 32.2. The molecule has 4 rings (SSSR count). The van der Waals surface area contributed by atoms with Gasteiger partial charge in [0.15, 0.2) is 5.16 Å². The molecule has 0 amide bonds. The third kappa shape index (κ3) is 4.12. The van der Waals surface area contributed by atoms with Crippen LogP contribution in [0.4, 0.5) is 0 Å². The van der Waals surface area contributed by atoms with Gasteiger partial charge in [0.2, 0.25) is 0 Å². The Kier molecular flexibility index (Phi) is 6.20. The van der Waals surface area contributed by atoms with E-state index < -0.39 is 0 Å². The van der Waals surface area contributed by atoms with Gasteiger partial charge in [0, 0.05) is 25.9 Å². The molecule has 2 aromatic carbocycles. The molecule has 0 aliphatic carbocycles. The Bertz CT molecular complexity index is 1180. The Labute approximate surface area is 177 Å². The molecule has 8 nitrogen and oxygen atoms in total. The number of hydrogen-bond acceptors (Lipinski definition) is 6. The van der Waals surface area contributed by atoms with Crippen LogP contribution >= 0.6 is 11.8 Å². The predicted octanol–water partition coefficient (Wildman–Crippen LogP) is 3.25. The first-order chi connectivity index (χ1) is 14.7. The van der Waals surface area contributed by atoms with Gasteiger partial charge in [-0.25, -0.2) is 14.9 Å². The summed E-state index contributed by atoms with van der Waals surface area (Å²) in [7, 11) is 3.30. The standard InChI is InChI=1S/C21H23N5O3S/c1-28-13-5-12-25-20(27)23-24-21(25)30-14-19-22-17-6-3-4-7-18(17)26(19)15-8-10-16(29-2)11-9-15/h3-4,6-11H,5,12-14H2,1-2H3,(H,23,27). The molecular formula is C21H23N5O3S. The molecule has 0 radical (unpaired) electrons. The molecule has 0 bridgehead atoms. The van der Waals surface area contributed by atoms with E-state index in [9.17, 15) is 4.79 Å². The van der Waals surface area contributed by atoms with Gasteiger partial charge in [-0.15, -0.1) is 5.10 Å². The fourth-order valence-corrected chi connectivity index (χ4v) is 4.19. The van der Waals surface area contributed by atoms with Crippen molar-refractivity contribution in [3.63, 3.8) is 0 Å². The van der Waals surface area contributed by atoms with Crippen molar-refractivity contribution in [1.82, 2.24) is 24.3 Å². The molecule has 0 atom stereocenters. The number of methoxy groups -OCH3 is 2. The molecule has 30 heavy (non-hydrogen) atoms. The number of para-hydroxylation sites is 2. The first-order valence-electron chi connectivity index (χ1n) is 9.59. The largest absolute Gasteiger partial charge is 0.497 e. The maximum atomic E-state index is 12.1. The average Bonchev–Trinajstić information content (AvgIpc) is 3.32. The molecule has 2 heterocycles. The van der Waals surface area contributed by atoms with Crippen LogP contribution in [0.2, 0.25) is 0 Å². The number of fused-ring (bicyclic) bond motifs is 1. The second-order valence-corrected chi connectivity index (χ2v) is 7.59. The number of hydrogen-bond donors (Lipinski definition) is 1. The first-order valence-corrected chi connectivity index (χ1v) is 10.6. The van der Waals surface area contributed by atoms with Gasteiger partial charge < -0.3 is 9.47 Å². The van der Waals surface area contributed by atoms with E-state index in [1.165, 1.54) is 11.8 Å². The van der Waals surface area contributed by atoms with Crippen LogP contribution in [0.15, 0.2) is 58.5 Å². The van der Waals surface area contributed by atoms with Crippen molar-refractivity contribution in [2.45, 2.75) is 23.9 Å². The van der Waals surface area contributed by atoms with Crippen molar-refractivity contribution >= 4 is 22.8 Å². The number of ether oxygens (including phenoxy) is 2. The number of imidazole rings is 1. The Balaban J connectivity index is 1.64. The molecule has 2 aromatic heterocycles. The number of thioether (sulfide) groups is 1. The zero-order valence-electron chi connectivity index (χ0n) is 16.9. The van der Waals surface area contributed by atoms with Gasteiger partial charge in [0.25, 0.3) is 0 Å². The lowest BCUT2D eigenvalue weighted by molar-refractivity contribution is 0.189. The van der Waals surface area contributed by atoms with E-state index in [1.807, 2.05) is 42.5 Å². The summed E-state index contributed by atoms with van der Waals surface area (Å²) in [4.78, 5) is 16.9. The summed E-state index contributed by atoms with van der Waals surface area (Å²) in [6.07, 6.45) is 0.744. The summed E-state index contributed by atoms with van der Waals surface area (Å²) < 4.78 is 14.1. The van der Waals surface area contributed by atoms with Crippen LogP contribution in [0.5, 0.6) is 5.75 Å². The molecule has 4 aromatic rings. The fourth-order valence-electron chi connectivity index (χ4n) is 3.30. The highest BCUT2D eigenvalue weighted by molar-refractivity contribution is 7.98. The van der Waals surface area contributed by atoms with Gasteiger partial charge in [-0.3, -0.25) is 9.13 Å². The lowest BCUT2D eigenvalue weighted by Gasteiger charge is -2.10. The summed E-state index contributed by atoms with van der Waals surface area (Å²) in [6.45, 7) is 1.15. The summed E-state index contributed by atoms with van der Waals surface area (Å²) >= 11 is 1.48. The smallest absolute Gasteiger partial charge is 0.343 e. The maximum Gasteiger partial charge on any atom is 0.343 e. The minimum Gasteiger partial charge on any atom is -0.497 e. The van der Waals surface area contributed by atoms with Gasteiger partial charge in [0.1, 0.15) is 11.6 Å². The van der Waals surface area contributed by atoms with E-state index in [2.05, 4.69) is 20.8 Å². The number of nitrogens with zero attached hydrogens (tertiary/aromatic N) is 4. The average molecular weight is 426 g/mol. The molecule has 0 unspecified atom stereocenters. The molecular weight excluding hydrogens is 402 g/mol. The van der Waals surface area contributed by atoms with E-state index in [4.69, 9.17) is 14.5 Å². The Morgan fingerprint density at radius 1 is 1.10 bits per heavy atom. The van der Waals surface area contributed by atoms with Gasteiger partial charge in [-0.05, 0) is 42.8 Å². The molecule has 0 spiro atoms. The zero-order chi connectivity index (χ0) is 20.9. The van der Waals surface area contributed by atoms with E-state index in [0.29, 0.717) is 24.1 Å². The number of nitrogens with one attached hydrogen (secondary N) is 1. The predicted molar refractivity (Wildman–Crippen MR) is 117 cm³/mol. The summed E-state index contributed by atoms with van der Waals surface area (Å²) in [5.74, 6) is 2.25. The first kappa shape index (κ1) is 20.2. The highest BCUT2D eigenvalue weighted by Crippen LogP contribution is 2.27. The van der Waals surface area contributed by atoms with Crippen LogP contribution in [0.1, 0.15) is 12.2 Å². The SMILES string of the molecule is COCCCn1c(SCc2nc3ccccc3n2-c2ccc(OC)cc2)n[nH]c1=O. The van der Waals surface area contributed by atoms with Crippen molar-refractivity contribution in [2.24, 2.45) is 0 Å². The number of aromatic nitrogens is 5. The van der Waals surface area contributed by atoms with Gasteiger partial charge in [-0.2, -0.15) is 0 Å². The summed E-state index contributed by atoms with van der Waals surface area (Å²) in [5.41, 5.74) is 2.73. The quantitative estimate of drug-likeness (QED) is 0.327. The highest BCUT2D eigenvalue weighted by Gasteiger charge is 2.15. The van der Waals surface area contributed by atoms with Crippen LogP contribution in [0.25, 0.3) is 16.7 Å². The molecule has 1 N–H and O–H groups in total. The van der Waals surface area contributed by atoms with Crippen LogP contribution in [0, 0.1) is 0 Å². The molecule has 156 valence electrons. The van der Waals surface area contributed by atoms with Gasteiger partial charge in [-0.1, -0.05) is 23.9 Å². The topological polar surface area (TPSA) is 87.0 Å². The van der Waals surface area contributed by atoms with E-state index in [1.54, 1.807) is 18.8 Å². The number of H-pyrrole nitrogens is 1. The summed E-state index contributed by atoms with van der Waals surface area (Å²) in [5, 5.41) is 7.37. The zero-order valence-corrected chi connectivity index (χ0v) is 17.7. The monoisotopic (exact) mass is 425 g/mol. The van der Waals surface area contributed by atoms with Crippen LogP contribution < -0.4 is 10.4 Å². The molecule has 0 aliphatic rings. The van der Waals surface area contributed by atoms with Gasteiger partial charge in [0.05, 0.1) is 23.9 Å². The molecule has 9 heteroatoms. The molecule has 0 saturated heterocycles. The van der Waals surface area contributed by atoms with Gasteiger partial charge >= 0.3 is 5.69 Å². The van der Waals surface area contributed by atoms with E-state index in [-0.39, 0.29) is 5.69 Å². The molecule has 0 fully saturated rings. The second-order valence-electron chi connectivity index (χ2n) is 6.65. The minimum atomic E-state index is -0.211. The van der Waals surface area contributed by atoms with Crippen LogP contribution in [-0.2, 0) is 17.0 Å². The van der Waals surface area contributed by atoms with Crippen molar-refractivity contribution in [3.05, 3.63) is 64.8 Å². The maximum absolute atomic E-state index is 12.1. The third-order valence-corrected chi connectivity index (χ3v) is 5.72. The Morgan fingerprint density at radius 3 is 2.67 bits per heavy atom. The second kappa shape index (κ2) is 9.19. The molecule has 0 aliphatic heterocycles. The number of benzene rings is 2. The Hall–Kier alpha value is -3.04. The minimum absolute atomic E-state index is 0.211. The normalized spacial score (nSPS) is 11.3. The van der Waals surface area contributed by atoms with Crippen molar-refractivity contribution in [2.75, 3.05) is 20.8 Å². The molecule has 0 saturated carbocycles. The lowest BCUT2D eigenvalue weighted by atomic mass is 10.2. The van der Waals surface area contributed by atoms with Crippen molar-refractivity contribution < 1.29 is 9.47 Å². The van der Waals surface area contributed by atoms with Crippen molar-refractivity contribution in [1.29, 1.82) is 0 Å². The lowest BCUT2D eigenvalue weighted by Crippen LogP contribution is -2.18. The van der Waals surface area contributed by atoms with Crippen LogP contribution in [-0.4, -0.2) is 45.1 Å². The number of aromatic amines is 1. The van der Waals surface area contributed by atoms with Crippen molar-refractivity contribution in [3.8, 4) is 11.4 Å². The Morgan fingerprint density at radius 2 is 1.90 bits per heavy atom. The fraction of sp³-hybridized carbons (Fsp3) is 0.286.